The van der Waals surface area contributed by atoms with Crippen LogP contribution >= 0.6 is 0 Å². The van der Waals surface area contributed by atoms with Crippen molar-refractivity contribution in [3.8, 4) is 5.82 Å². The number of hydrogen-bond acceptors (Lipinski definition) is 6. The molecule has 29 heavy (non-hydrogen) atoms. The lowest BCUT2D eigenvalue weighted by molar-refractivity contribution is 0.110. The van der Waals surface area contributed by atoms with Crippen LogP contribution in [-0.2, 0) is 34.8 Å². The van der Waals surface area contributed by atoms with Crippen molar-refractivity contribution < 1.29 is 13.2 Å². The van der Waals surface area contributed by atoms with Gasteiger partial charge in [0.15, 0.2) is 5.82 Å². The molecule has 0 radical (unpaired) electrons. The van der Waals surface area contributed by atoms with E-state index in [1.807, 2.05) is 12.3 Å². The summed E-state index contributed by atoms with van der Waals surface area (Å²) in [5.41, 5.74) is 3.19. The molecule has 1 aromatic carbocycles. The molecule has 0 saturated carbocycles. The van der Waals surface area contributed by atoms with E-state index in [0.717, 1.165) is 23.1 Å². The summed E-state index contributed by atoms with van der Waals surface area (Å²) in [6.07, 6.45) is 5.65. The highest BCUT2D eigenvalue weighted by Gasteiger charge is 2.19. The minimum atomic E-state index is -3.80. The Bertz CT molecular complexity index is 1280. The first-order valence-corrected chi connectivity index (χ1v) is 10.5. The SMILES string of the molecule is Cn1ncc2cccc(NS(=O)(=O)c3ccc(-n4cc5c(n4)CCOC5)nc3)c21. The van der Waals surface area contributed by atoms with Crippen LogP contribution in [0.2, 0.25) is 0 Å². The molecule has 0 saturated heterocycles. The zero-order valence-electron chi connectivity index (χ0n) is 15.6. The van der Waals surface area contributed by atoms with Crippen molar-refractivity contribution in [3.05, 3.63) is 60.2 Å². The fourth-order valence-corrected chi connectivity index (χ4v) is 4.44. The zero-order chi connectivity index (χ0) is 20.0. The van der Waals surface area contributed by atoms with E-state index in [0.29, 0.717) is 30.2 Å². The molecule has 1 aliphatic heterocycles. The van der Waals surface area contributed by atoms with E-state index < -0.39 is 10.0 Å². The molecule has 0 aliphatic carbocycles. The molecular weight excluding hydrogens is 392 g/mol. The quantitative estimate of drug-likeness (QED) is 0.552. The van der Waals surface area contributed by atoms with E-state index >= 15 is 0 Å². The van der Waals surface area contributed by atoms with Crippen LogP contribution in [0, 0.1) is 0 Å². The van der Waals surface area contributed by atoms with Gasteiger partial charge >= 0.3 is 0 Å². The molecule has 0 unspecified atom stereocenters. The summed E-state index contributed by atoms with van der Waals surface area (Å²) in [4.78, 5) is 4.36. The Kier molecular flexibility index (Phi) is 4.10. The van der Waals surface area contributed by atoms with Gasteiger partial charge in [-0.1, -0.05) is 12.1 Å². The first kappa shape index (κ1) is 17.8. The van der Waals surface area contributed by atoms with E-state index in [9.17, 15) is 8.42 Å². The van der Waals surface area contributed by atoms with E-state index in [2.05, 4.69) is 19.9 Å². The van der Waals surface area contributed by atoms with Crippen molar-refractivity contribution in [2.45, 2.75) is 17.9 Å². The lowest BCUT2D eigenvalue weighted by Gasteiger charge is -2.10. The lowest BCUT2D eigenvalue weighted by atomic mass is 10.2. The minimum absolute atomic E-state index is 0.0701. The number of hydrogen-bond donors (Lipinski definition) is 1. The smallest absolute Gasteiger partial charge is 0.263 e. The Morgan fingerprint density at radius 2 is 2.07 bits per heavy atom. The Hall–Kier alpha value is -3.24. The first-order valence-electron chi connectivity index (χ1n) is 9.06. The average molecular weight is 410 g/mol. The second-order valence-corrected chi connectivity index (χ2v) is 8.50. The summed E-state index contributed by atoms with van der Waals surface area (Å²) in [6.45, 7) is 1.19. The number of sulfonamides is 1. The van der Waals surface area contributed by atoms with Crippen molar-refractivity contribution in [2.75, 3.05) is 11.3 Å². The molecule has 0 amide bonds. The number of anilines is 1. The number of ether oxygens (including phenoxy) is 1. The molecular formula is C19H18N6O3S. The van der Waals surface area contributed by atoms with Crippen molar-refractivity contribution in [1.29, 1.82) is 0 Å². The third kappa shape index (κ3) is 3.15. The molecule has 0 fully saturated rings. The van der Waals surface area contributed by atoms with Crippen LogP contribution in [0.15, 0.2) is 53.8 Å². The van der Waals surface area contributed by atoms with Crippen LogP contribution in [0.1, 0.15) is 11.3 Å². The molecule has 4 heterocycles. The predicted molar refractivity (Wildman–Crippen MR) is 106 cm³/mol. The molecule has 9 nitrogen and oxygen atoms in total. The van der Waals surface area contributed by atoms with Crippen molar-refractivity contribution in [3.63, 3.8) is 0 Å². The van der Waals surface area contributed by atoms with Crippen LogP contribution in [0.3, 0.4) is 0 Å². The topological polar surface area (TPSA) is 104 Å². The molecule has 1 aliphatic rings. The highest BCUT2D eigenvalue weighted by molar-refractivity contribution is 7.92. The molecule has 3 aromatic heterocycles. The second-order valence-electron chi connectivity index (χ2n) is 6.82. The number of para-hydroxylation sites is 1. The Balaban J connectivity index is 1.44. The lowest BCUT2D eigenvalue weighted by Crippen LogP contribution is -2.14. The standard InChI is InChI=1S/C19H18N6O3S/c1-24-19-13(9-21-24)3-2-4-17(19)23-29(26,27)15-5-6-18(20-10-15)25-11-14-12-28-8-7-16(14)22-25/h2-6,9-11,23H,7-8,12H2,1H3. The van der Waals surface area contributed by atoms with Crippen LogP contribution in [0.4, 0.5) is 5.69 Å². The molecule has 148 valence electrons. The fraction of sp³-hybridized carbons (Fsp3) is 0.211. The van der Waals surface area contributed by atoms with Gasteiger partial charge in [-0.2, -0.15) is 10.2 Å². The Morgan fingerprint density at radius 3 is 2.86 bits per heavy atom. The number of nitrogens with one attached hydrogen (secondary N) is 1. The second kappa shape index (κ2) is 6.68. The van der Waals surface area contributed by atoms with E-state index in [1.165, 1.54) is 12.3 Å². The molecule has 0 spiro atoms. The van der Waals surface area contributed by atoms with Crippen molar-refractivity contribution >= 4 is 26.6 Å². The highest BCUT2D eigenvalue weighted by Crippen LogP contribution is 2.25. The van der Waals surface area contributed by atoms with Gasteiger partial charge in [0.1, 0.15) is 4.90 Å². The monoisotopic (exact) mass is 410 g/mol. The largest absolute Gasteiger partial charge is 0.376 e. The maximum absolute atomic E-state index is 12.9. The normalized spacial score (nSPS) is 14.1. The Labute approximate surface area is 167 Å². The highest BCUT2D eigenvalue weighted by atomic mass is 32.2. The molecule has 0 atom stereocenters. The van der Waals surface area contributed by atoms with Gasteiger partial charge in [0.05, 0.1) is 36.3 Å². The molecule has 0 bridgehead atoms. The van der Waals surface area contributed by atoms with Gasteiger partial charge in [-0.05, 0) is 18.2 Å². The van der Waals surface area contributed by atoms with Gasteiger partial charge in [-0.3, -0.25) is 9.40 Å². The first-order chi connectivity index (χ1) is 14.0. The van der Waals surface area contributed by atoms with Crippen molar-refractivity contribution in [1.82, 2.24) is 24.5 Å². The van der Waals surface area contributed by atoms with Crippen LogP contribution in [-0.4, -0.2) is 39.6 Å². The maximum Gasteiger partial charge on any atom is 0.263 e. The van der Waals surface area contributed by atoms with E-state index in [1.54, 1.807) is 40.8 Å². The minimum Gasteiger partial charge on any atom is -0.376 e. The number of nitrogens with zero attached hydrogens (tertiary/aromatic N) is 5. The third-order valence-corrected chi connectivity index (χ3v) is 6.24. The van der Waals surface area contributed by atoms with Gasteiger partial charge in [-0.25, -0.2) is 18.1 Å². The summed E-state index contributed by atoms with van der Waals surface area (Å²) in [5, 5.41) is 9.56. The van der Waals surface area contributed by atoms with Gasteiger partial charge in [0.2, 0.25) is 0 Å². The molecule has 1 N–H and O–H groups in total. The van der Waals surface area contributed by atoms with Gasteiger partial charge in [0.25, 0.3) is 10.0 Å². The summed E-state index contributed by atoms with van der Waals surface area (Å²) >= 11 is 0. The number of fused-ring (bicyclic) bond motifs is 2. The van der Waals surface area contributed by atoms with Gasteiger partial charge in [0, 0.05) is 36.8 Å². The number of aryl methyl sites for hydroxylation is 1. The number of pyridine rings is 1. The third-order valence-electron chi connectivity index (χ3n) is 4.89. The maximum atomic E-state index is 12.9. The summed E-state index contributed by atoms with van der Waals surface area (Å²) in [6, 6.07) is 8.53. The fourth-order valence-electron chi connectivity index (χ4n) is 3.43. The van der Waals surface area contributed by atoms with Gasteiger partial charge in [-0.15, -0.1) is 0 Å². The van der Waals surface area contributed by atoms with Gasteiger partial charge < -0.3 is 4.74 Å². The zero-order valence-corrected chi connectivity index (χ0v) is 16.4. The molecule has 5 rings (SSSR count). The van der Waals surface area contributed by atoms with Crippen LogP contribution in [0.25, 0.3) is 16.7 Å². The van der Waals surface area contributed by atoms with E-state index in [-0.39, 0.29) is 4.90 Å². The predicted octanol–water partition coefficient (Wildman–Crippen LogP) is 2.03. The van der Waals surface area contributed by atoms with Crippen LogP contribution < -0.4 is 4.72 Å². The molecule has 10 heteroatoms. The number of benzene rings is 1. The summed E-state index contributed by atoms with van der Waals surface area (Å²) in [7, 11) is -2.03. The number of rotatable bonds is 4. The van der Waals surface area contributed by atoms with Crippen LogP contribution in [0.5, 0.6) is 0 Å². The average Bonchev–Trinajstić information content (AvgIpc) is 3.32. The summed E-state index contributed by atoms with van der Waals surface area (Å²) < 4.78 is 37.1. The molecule has 4 aromatic rings. The van der Waals surface area contributed by atoms with Crippen molar-refractivity contribution in [2.24, 2.45) is 7.05 Å². The van der Waals surface area contributed by atoms with E-state index in [4.69, 9.17) is 4.74 Å². The summed E-state index contributed by atoms with van der Waals surface area (Å²) in [5.74, 6) is 0.548. The Morgan fingerprint density at radius 1 is 1.17 bits per heavy atom. The number of aromatic nitrogens is 5.